The number of benzene rings is 1. The highest BCUT2D eigenvalue weighted by atomic mass is 79.9. The fourth-order valence-electron chi connectivity index (χ4n) is 3.50. The third kappa shape index (κ3) is 3.97. The minimum Gasteiger partial charge on any atom is -0.338 e. The van der Waals surface area contributed by atoms with Gasteiger partial charge < -0.3 is 4.52 Å². The molecule has 0 amide bonds. The van der Waals surface area contributed by atoms with Crippen LogP contribution >= 0.6 is 15.9 Å². The van der Waals surface area contributed by atoms with Gasteiger partial charge >= 0.3 is 0 Å². The average Bonchev–Trinajstić information content (AvgIpc) is 3.04. The van der Waals surface area contributed by atoms with Gasteiger partial charge in [0, 0.05) is 10.0 Å². The van der Waals surface area contributed by atoms with Crippen LogP contribution in [0.5, 0.6) is 0 Å². The van der Waals surface area contributed by atoms with Gasteiger partial charge in [-0.05, 0) is 30.9 Å². The fourth-order valence-corrected chi connectivity index (χ4v) is 6.44. The van der Waals surface area contributed by atoms with E-state index in [0.29, 0.717) is 5.82 Å². The summed E-state index contributed by atoms with van der Waals surface area (Å²) < 4.78 is 32.7. The van der Waals surface area contributed by atoms with Crippen molar-refractivity contribution in [2.24, 2.45) is 5.92 Å². The van der Waals surface area contributed by atoms with Gasteiger partial charge in [-0.1, -0.05) is 66.3 Å². The van der Waals surface area contributed by atoms with E-state index in [-0.39, 0.29) is 17.1 Å². The van der Waals surface area contributed by atoms with Gasteiger partial charge in [0.25, 0.3) is 0 Å². The molecule has 1 aromatic heterocycles. The first-order valence-corrected chi connectivity index (χ1v) is 11.1. The van der Waals surface area contributed by atoms with Gasteiger partial charge in [0.15, 0.2) is 9.84 Å². The Labute approximate surface area is 157 Å². The second kappa shape index (κ2) is 7.58. The maximum absolute atomic E-state index is 13.2. The molecular formula is C18H23BrN2O3S. The molecular weight excluding hydrogens is 404 g/mol. The monoisotopic (exact) mass is 426 g/mol. The summed E-state index contributed by atoms with van der Waals surface area (Å²) in [7, 11) is -3.36. The molecule has 1 fully saturated rings. The molecule has 2 aromatic rings. The standard InChI is InChI=1S/C18H23BrN2O3S/c1-12(2)16(25(22,23)15-9-4-3-5-10-15)18-20-17(21-24-18)13-7-6-8-14(19)11-13/h6-8,11-12,15-16H,3-5,9-10H2,1-2H3/t16-/m0/s1. The lowest BCUT2D eigenvalue weighted by atomic mass is 10.0. The van der Waals surface area contributed by atoms with Crippen LogP contribution in [0, 0.1) is 5.92 Å². The van der Waals surface area contributed by atoms with E-state index in [1.165, 1.54) is 0 Å². The second-order valence-electron chi connectivity index (χ2n) is 6.98. The molecule has 1 saturated carbocycles. The lowest BCUT2D eigenvalue weighted by Gasteiger charge is -2.27. The molecule has 1 heterocycles. The highest BCUT2D eigenvalue weighted by molar-refractivity contribution is 9.10. The molecule has 5 nitrogen and oxygen atoms in total. The van der Waals surface area contributed by atoms with E-state index in [1.807, 2.05) is 38.1 Å². The fraction of sp³-hybridized carbons (Fsp3) is 0.556. The number of sulfone groups is 1. The molecule has 136 valence electrons. The van der Waals surface area contributed by atoms with Crippen molar-refractivity contribution in [1.82, 2.24) is 10.1 Å². The number of nitrogens with zero attached hydrogens (tertiary/aromatic N) is 2. The highest BCUT2D eigenvalue weighted by Crippen LogP contribution is 2.37. The summed E-state index contributed by atoms with van der Waals surface area (Å²) in [6, 6.07) is 7.55. The summed E-state index contributed by atoms with van der Waals surface area (Å²) in [5.41, 5.74) is 0.793. The van der Waals surface area contributed by atoms with Crippen LogP contribution in [0.15, 0.2) is 33.3 Å². The number of aromatic nitrogens is 2. The zero-order valence-electron chi connectivity index (χ0n) is 14.5. The molecule has 7 heteroatoms. The smallest absolute Gasteiger partial charge is 0.245 e. The number of hydrogen-bond donors (Lipinski definition) is 0. The lowest BCUT2D eigenvalue weighted by Crippen LogP contribution is -2.31. The summed E-state index contributed by atoms with van der Waals surface area (Å²) in [5.74, 6) is 0.499. The summed E-state index contributed by atoms with van der Waals surface area (Å²) >= 11 is 3.42. The van der Waals surface area contributed by atoms with Crippen molar-refractivity contribution in [3.8, 4) is 11.4 Å². The molecule has 1 atom stereocenters. The summed E-state index contributed by atoms with van der Waals surface area (Å²) in [6.45, 7) is 3.79. The summed E-state index contributed by atoms with van der Waals surface area (Å²) in [6.07, 6.45) is 4.53. The maximum atomic E-state index is 13.2. The van der Waals surface area contributed by atoms with Gasteiger partial charge in [0.05, 0.1) is 5.25 Å². The van der Waals surface area contributed by atoms with Crippen molar-refractivity contribution >= 4 is 25.8 Å². The largest absolute Gasteiger partial charge is 0.338 e. The number of hydrogen-bond acceptors (Lipinski definition) is 5. The topological polar surface area (TPSA) is 73.1 Å². The molecule has 1 aliphatic rings. The van der Waals surface area contributed by atoms with Crippen LogP contribution in [0.25, 0.3) is 11.4 Å². The Morgan fingerprint density at radius 1 is 1.20 bits per heavy atom. The number of rotatable bonds is 5. The second-order valence-corrected chi connectivity index (χ2v) is 10.2. The van der Waals surface area contributed by atoms with Crippen LogP contribution in [0.2, 0.25) is 0 Å². The molecule has 25 heavy (non-hydrogen) atoms. The Kier molecular flexibility index (Phi) is 5.63. The van der Waals surface area contributed by atoms with Gasteiger partial charge in [0.1, 0.15) is 5.25 Å². The highest BCUT2D eigenvalue weighted by Gasteiger charge is 2.41. The van der Waals surface area contributed by atoms with E-state index >= 15 is 0 Å². The predicted molar refractivity (Wildman–Crippen MR) is 101 cm³/mol. The normalized spacial score (nSPS) is 17.8. The molecule has 0 N–H and O–H groups in total. The van der Waals surface area contributed by atoms with Crippen molar-refractivity contribution in [2.75, 3.05) is 0 Å². The Hall–Kier alpha value is -1.21. The maximum Gasteiger partial charge on any atom is 0.245 e. The molecule has 0 bridgehead atoms. The summed E-state index contributed by atoms with van der Waals surface area (Å²) in [5, 5.41) is 2.98. The van der Waals surface area contributed by atoms with Crippen molar-refractivity contribution < 1.29 is 12.9 Å². The van der Waals surface area contributed by atoms with Crippen LogP contribution < -0.4 is 0 Å². The average molecular weight is 427 g/mol. The van der Waals surface area contributed by atoms with Crippen LogP contribution in [0.1, 0.15) is 57.1 Å². The van der Waals surface area contributed by atoms with Crippen LogP contribution in [-0.2, 0) is 9.84 Å². The molecule has 0 aliphatic heterocycles. The molecule has 0 saturated heterocycles. The van der Waals surface area contributed by atoms with E-state index in [1.54, 1.807) is 0 Å². The molecule has 3 rings (SSSR count). The van der Waals surface area contributed by atoms with E-state index in [2.05, 4.69) is 26.1 Å². The third-order valence-electron chi connectivity index (χ3n) is 4.74. The van der Waals surface area contributed by atoms with Gasteiger partial charge in [-0.15, -0.1) is 0 Å². The first kappa shape index (κ1) is 18.6. The lowest BCUT2D eigenvalue weighted by molar-refractivity contribution is 0.350. The van der Waals surface area contributed by atoms with Crippen LogP contribution in [0.3, 0.4) is 0 Å². The minimum absolute atomic E-state index is 0.122. The van der Waals surface area contributed by atoms with Gasteiger partial charge in [-0.2, -0.15) is 4.98 Å². The molecule has 0 spiro atoms. The zero-order valence-corrected chi connectivity index (χ0v) is 16.9. The van der Waals surface area contributed by atoms with E-state index in [0.717, 1.165) is 42.1 Å². The number of halogens is 1. The first-order valence-electron chi connectivity index (χ1n) is 8.72. The summed E-state index contributed by atoms with van der Waals surface area (Å²) in [4.78, 5) is 4.43. The van der Waals surface area contributed by atoms with Crippen molar-refractivity contribution in [2.45, 2.75) is 56.5 Å². The van der Waals surface area contributed by atoms with Crippen LogP contribution in [-0.4, -0.2) is 23.8 Å². The van der Waals surface area contributed by atoms with Gasteiger partial charge in [-0.3, -0.25) is 0 Å². The van der Waals surface area contributed by atoms with Gasteiger partial charge in [-0.25, -0.2) is 8.42 Å². The van der Waals surface area contributed by atoms with Crippen LogP contribution in [0.4, 0.5) is 0 Å². The van der Waals surface area contributed by atoms with E-state index < -0.39 is 15.1 Å². The zero-order chi connectivity index (χ0) is 18.0. The van der Waals surface area contributed by atoms with Gasteiger partial charge in [0.2, 0.25) is 11.7 Å². The Morgan fingerprint density at radius 2 is 1.92 bits per heavy atom. The Bertz CT molecular complexity index is 826. The van der Waals surface area contributed by atoms with E-state index in [9.17, 15) is 8.42 Å². The predicted octanol–water partition coefficient (Wildman–Crippen LogP) is 4.94. The van der Waals surface area contributed by atoms with Crippen molar-refractivity contribution in [3.63, 3.8) is 0 Å². The minimum atomic E-state index is -3.36. The first-order chi connectivity index (χ1) is 11.9. The quantitative estimate of drug-likeness (QED) is 0.676. The molecule has 1 aromatic carbocycles. The molecule has 0 radical (unpaired) electrons. The van der Waals surface area contributed by atoms with Crippen molar-refractivity contribution in [1.29, 1.82) is 0 Å². The Balaban J connectivity index is 1.94. The molecule has 0 unspecified atom stereocenters. The van der Waals surface area contributed by atoms with Crippen molar-refractivity contribution in [3.05, 3.63) is 34.6 Å². The third-order valence-corrected chi connectivity index (χ3v) is 8.09. The molecule has 1 aliphatic carbocycles. The Morgan fingerprint density at radius 3 is 2.56 bits per heavy atom. The SMILES string of the molecule is CC(C)[C@@H](c1nc(-c2cccc(Br)c2)no1)S(=O)(=O)C1CCCCC1. The van der Waals surface area contributed by atoms with E-state index in [4.69, 9.17) is 4.52 Å².